The Hall–Kier alpha value is -2.22. The summed E-state index contributed by atoms with van der Waals surface area (Å²) in [5, 5.41) is 20.4. The van der Waals surface area contributed by atoms with Crippen molar-refractivity contribution in [2.75, 3.05) is 19.4 Å². The van der Waals surface area contributed by atoms with E-state index >= 15 is 0 Å². The van der Waals surface area contributed by atoms with Gasteiger partial charge >= 0.3 is 0 Å². The normalized spacial score (nSPS) is 19.2. The summed E-state index contributed by atoms with van der Waals surface area (Å²) in [5.41, 5.74) is 3.32. The van der Waals surface area contributed by atoms with E-state index in [1.807, 2.05) is 26.1 Å². The molecule has 0 fully saturated rings. The average molecular weight is 488 g/mol. The predicted octanol–water partition coefficient (Wildman–Crippen LogP) is 5.08. The lowest BCUT2D eigenvalue weighted by molar-refractivity contribution is -0.104. The molecule has 3 atom stereocenters. The van der Waals surface area contributed by atoms with Crippen LogP contribution in [-0.2, 0) is 4.79 Å². The van der Waals surface area contributed by atoms with E-state index in [2.05, 4.69) is 35.6 Å². The van der Waals surface area contributed by atoms with Crippen molar-refractivity contribution < 1.29 is 15.0 Å². The molecule has 0 aromatic carbocycles. The predicted molar refractivity (Wildman–Crippen MR) is 146 cm³/mol. The van der Waals surface area contributed by atoms with Gasteiger partial charge in [-0.05, 0) is 56.4 Å². The maximum Gasteiger partial charge on any atom is 0.145 e. The van der Waals surface area contributed by atoms with Crippen LogP contribution in [0.3, 0.4) is 0 Å². The molecule has 6 nitrogen and oxygen atoms in total. The lowest BCUT2D eigenvalue weighted by Gasteiger charge is -2.28. The van der Waals surface area contributed by atoms with Gasteiger partial charge in [-0.2, -0.15) is 0 Å². The number of hydrogen-bond acceptors (Lipinski definition) is 6. The van der Waals surface area contributed by atoms with Crippen molar-refractivity contribution in [3.8, 4) is 0 Å². The fraction of sp³-hybridized carbons (Fsp3) is 0.519. The van der Waals surface area contributed by atoms with Gasteiger partial charge in [-0.15, -0.1) is 11.8 Å². The number of likely N-dealkylation sites (N-methyl/N-ethyl adjacent to an activating group) is 1. The Bertz CT molecular complexity index is 853. The summed E-state index contributed by atoms with van der Waals surface area (Å²) in [4.78, 5) is 22.4. The standard InChI is InChI=1S/C27H41N3O3S/c1-7-10-24(25(13-15-31)29-19-30(6)26(14-16-32)21(5)33)23(8-2)20(4)17-22-11-12-27(28-18-22)34-9-3/h8,10,12-13,15,18-19,21-22,26,32-33H,4,7,9,11,14,16-17H2,1-3,5-6H3/b23-8-,24-10+,25-13-,29-19?/t21-,22?,26?/m0/s1. The summed E-state index contributed by atoms with van der Waals surface area (Å²) in [6.45, 7) is 12.1. The zero-order valence-electron chi connectivity index (χ0n) is 21.3. The third-order valence-electron chi connectivity index (χ3n) is 5.56. The topological polar surface area (TPSA) is 85.5 Å². The second-order valence-electron chi connectivity index (χ2n) is 8.20. The molecule has 2 unspecified atom stereocenters. The van der Waals surface area contributed by atoms with Crippen LogP contribution in [0.4, 0.5) is 0 Å². The summed E-state index contributed by atoms with van der Waals surface area (Å²) >= 11 is 1.75. The summed E-state index contributed by atoms with van der Waals surface area (Å²) in [7, 11) is 1.80. The van der Waals surface area contributed by atoms with Gasteiger partial charge in [0.05, 0.1) is 29.2 Å². The molecule has 0 aromatic heterocycles. The number of allylic oxidation sites excluding steroid dienone is 6. The molecule has 0 saturated heterocycles. The molecule has 1 aliphatic heterocycles. The van der Waals surface area contributed by atoms with Crippen LogP contribution in [0.25, 0.3) is 0 Å². The van der Waals surface area contributed by atoms with Crippen molar-refractivity contribution in [2.45, 2.75) is 65.5 Å². The zero-order valence-corrected chi connectivity index (χ0v) is 22.1. The minimum Gasteiger partial charge on any atom is -0.396 e. The highest BCUT2D eigenvalue weighted by molar-refractivity contribution is 8.03. The van der Waals surface area contributed by atoms with E-state index in [0.29, 0.717) is 12.1 Å². The van der Waals surface area contributed by atoms with Crippen LogP contribution in [0.2, 0.25) is 0 Å². The molecular weight excluding hydrogens is 446 g/mol. The smallest absolute Gasteiger partial charge is 0.145 e. The van der Waals surface area contributed by atoms with E-state index in [1.165, 1.54) is 6.08 Å². The van der Waals surface area contributed by atoms with E-state index in [9.17, 15) is 15.0 Å². The van der Waals surface area contributed by atoms with E-state index in [-0.39, 0.29) is 18.6 Å². The number of aliphatic hydroxyl groups excluding tert-OH is 2. The summed E-state index contributed by atoms with van der Waals surface area (Å²) in [6, 6.07) is -0.282. The van der Waals surface area contributed by atoms with E-state index in [4.69, 9.17) is 0 Å². The van der Waals surface area contributed by atoms with Crippen LogP contribution in [0.15, 0.2) is 68.3 Å². The van der Waals surface area contributed by atoms with Gasteiger partial charge in [-0.25, -0.2) is 4.99 Å². The largest absolute Gasteiger partial charge is 0.396 e. The second kappa shape index (κ2) is 16.4. The number of aliphatic hydroxyl groups is 2. The number of rotatable bonds is 15. The highest BCUT2D eigenvalue weighted by atomic mass is 32.2. The van der Waals surface area contributed by atoms with Gasteiger partial charge in [0.2, 0.25) is 0 Å². The Labute approximate surface area is 209 Å². The third-order valence-corrected chi connectivity index (χ3v) is 6.42. The molecule has 0 amide bonds. The lowest BCUT2D eigenvalue weighted by atomic mass is 9.88. The van der Waals surface area contributed by atoms with Crippen molar-refractivity contribution >= 4 is 30.6 Å². The van der Waals surface area contributed by atoms with Gasteiger partial charge in [0.1, 0.15) is 6.29 Å². The monoisotopic (exact) mass is 487 g/mol. The Morgan fingerprint density at radius 3 is 2.65 bits per heavy atom. The number of nitrogens with zero attached hydrogens (tertiary/aromatic N) is 3. The maximum atomic E-state index is 11.5. The Morgan fingerprint density at radius 1 is 1.41 bits per heavy atom. The van der Waals surface area contributed by atoms with Gasteiger partial charge in [0.25, 0.3) is 0 Å². The molecule has 34 heavy (non-hydrogen) atoms. The molecule has 188 valence electrons. The van der Waals surface area contributed by atoms with Crippen molar-refractivity contribution in [2.24, 2.45) is 15.9 Å². The van der Waals surface area contributed by atoms with E-state index in [1.54, 1.807) is 37.0 Å². The van der Waals surface area contributed by atoms with Crippen molar-refractivity contribution in [3.05, 3.63) is 58.3 Å². The van der Waals surface area contributed by atoms with Crippen LogP contribution in [0.5, 0.6) is 0 Å². The lowest BCUT2D eigenvalue weighted by Crippen LogP contribution is -2.39. The number of thioether (sulfide) groups is 1. The molecule has 0 radical (unpaired) electrons. The molecule has 0 aliphatic carbocycles. The summed E-state index contributed by atoms with van der Waals surface area (Å²) in [6.07, 6.45) is 14.3. The first-order chi connectivity index (χ1) is 16.3. The fourth-order valence-corrected chi connectivity index (χ4v) is 4.53. The molecule has 0 aromatic rings. The third kappa shape index (κ3) is 9.57. The molecule has 2 N–H and O–H groups in total. The van der Waals surface area contributed by atoms with Gasteiger partial charge in [-0.3, -0.25) is 9.79 Å². The van der Waals surface area contributed by atoms with Crippen LogP contribution in [0, 0.1) is 5.92 Å². The maximum absolute atomic E-state index is 11.5. The first-order valence-corrected chi connectivity index (χ1v) is 12.9. The van der Waals surface area contributed by atoms with Crippen LogP contribution >= 0.6 is 11.8 Å². The van der Waals surface area contributed by atoms with Gasteiger partial charge in [0.15, 0.2) is 0 Å². The fourth-order valence-electron chi connectivity index (χ4n) is 3.88. The molecule has 1 heterocycles. The first-order valence-electron chi connectivity index (χ1n) is 12.0. The number of carbonyl (C=O) groups excluding carboxylic acids is 1. The molecule has 1 rings (SSSR count). The average Bonchev–Trinajstić information content (AvgIpc) is 2.81. The first kappa shape index (κ1) is 29.8. The minimum atomic E-state index is -0.638. The number of aldehydes is 1. The van der Waals surface area contributed by atoms with Crippen molar-refractivity contribution in [3.63, 3.8) is 0 Å². The Kier molecular flexibility index (Phi) is 14.4. The molecule has 7 heteroatoms. The Morgan fingerprint density at radius 2 is 2.15 bits per heavy atom. The zero-order chi connectivity index (χ0) is 25.5. The van der Waals surface area contributed by atoms with Crippen molar-refractivity contribution in [1.29, 1.82) is 0 Å². The van der Waals surface area contributed by atoms with Crippen molar-refractivity contribution in [1.82, 2.24) is 4.90 Å². The molecule has 0 saturated carbocycles. The number of aliphatic imine (C=N–C) groups is 2. The molecule has 0 spiro atoms. The molecular formula is C27H41N3O3S. The van der Waals surface area contributed by atoms with Gasteiger partial charge < -0.3 is 15.1 Å². The summed E-state index contributed by atoms with van der Waals surface area (Å²) in [5.74, 6) is 1.29. The Balaban J connectivity index is 3.11. The minimum absolute atomic E-state index is 0.0351. The van der Waals surface area contributed by atoms with E-state index < -0.39 is 6.10 Å². The molecule has 0 bridgehead atoms. The highest BCUT2D eigenvalue weighted by Gasteiger charge is 2.19. The van der Waals surface area contributed by atoms with Crippen LogP contribution in [-0.4, -0.2) is 65.5 Å². The number of carbonyl (C=O) groups is 1. The molecule has 1 aliphatic rings. The highest BCUT2D eigenvalue weighted by Crippen LogP contribution is 2.32. The van der Waals surface area contributed by atoms with Gasteiger partial charge in [0, 0.05) is 37.4 Å². The van der Waals surface area contributed by atoms with Crippen LogP contribution < -0.4 is 0 Å². The second-order valence-corrected chi connectivity index (χ2v) is 9.49. The van der Waals surface area contributed by atoms with Crippen LogP contribution in [0.1, 0.15) is 53.4 Å². The van der Waals surface area contributed by atoms with E-state index in [0.717, 1.165) is 53.0 Å². The van der Waals surface area contributed by atoms with Gasteiger partial charge in [-0.1, -0.05) is 38.7 Å². The number of hydrogen-bond donors (Lipinski definition) is 2. The summed E-state index contributed by atoms with van der Waals surface area (Å²) < 4.78 is 0. The quantitative estimate of drug-likeness (QED) is 0.111. The SMILES string of the molecule is C=C(CC1C=NC(SCC)=CC1)C(=C/C)/C(=C\CC)C(=C/C=O)/N=CN(C)C(CCO)[C@H](C)O.